The normalized spacial score (nSPS) is 17.2. The standard InChI is InChI=1S/C20H20N4O3/c1-14(22-19(25)15-6-4-8-17(12-15)23-27)20(26)24-11-3-2-9-18(24)16-7-5-10-21-13-16/h2-8,10,12-14,18H,9,11H2,1H3,(H,22,25)/p+1/t14-,18?/m0/s1. The average Bonchev–Trinajstić information content (AvgIpc) is 2.73. The number of aromatic nitrogens is 1. The highest BCUT2D eigenvalue weighted by atomic mass is 16.3. The van der Waals surface area contributed by atoms with E-state index in [1.54, 1.807) is 47.6 Å². The highest BCUT2D eigenvalue weighted by molar-refractivity contribution is 5.98. The van der Waals surface area contributed by atoms with Crippen LogP contribution in [-0.4, -0.2) is 34.3 Å². The van der Waals surface area contributed by atoms with Gasteiger partial charge < -0.3 is 10.2 Å². The topological polar surface area (TPSA) is 93.3 Å². The summed E-state index contributed by atoms with van der Waals surface area (Å²) in [6.45, 7) is 2.14. The number of hydrogen-bond donors (Lipinski definition) is 2. The molecule has 0 saturated carbocycles. The SMILES string of the molecule is C[C@H](NC(=O)c1cccc([NH+]=O)c1)C(=O)N1CC=CCC1c1cccnc1. The second-order valence-corrected chi connectivity index (χ2v) is 6.38. The molecule has 1 aromatic heterocycles. The molecule has 0 aliphatic carbocycles. The van der Waals surface area contributed by atoms with Gasteiger partial charge in [-0.2, -0.15) is 0 Å². The van der Waals surface area contributed by atoms with Crippen molar-refractivity contribution in [3.63, 3.8) is 0 Å². The molecule has 0 radical (unpaired) electrons. The summed E-state index contributed by atoms with van der Waals surface area (Å²) in [4.78, 5) is 42.0. The lowest BCUT2D eigenvalue weighted by atomic mass is 9.99. The number of benzene rings is 1. The van der Waals surface area contributed by atoms with E-state index in [1.807, 2.05) is 24.3 Å². The minimum absolute atomic E-state index is 0.108. The first kappa shape index (κ1) is 18.4. The zero-order chi connectivity index (χ0) is 19.2. The van der Waals surface area contributed by atoms with Crippen LogP contribution >= 0.6 is 0 Å². The third kappa shape index (κ3) is 4.25. The molecule has 138 valence electrons. The van der Waals surface area contributed by atoms with E-state index in [4.69, 9.17) is 0 Å². The maximum Gasteiger partial charge on any atom is 0.254 e. The monoisotopic (exact) mass is 365 g/mol. The average molecular weight is 365 g/mol. The highest BCUT2D eigenvalue weighted by Gasteiger charge is 2.30. The molecule has 0 fully saturated rings. The lowest BCUT2D eigenvalue weighted by molar-refractivity contribution is -0.379. The molecule has 1 aliphatic rings. The zero-order valence-corrected chi connectivity index (χ0v) is 15.0. The van der Waals surface area contributed by atoms with Gasteiger partial charge in [0.15, 0.2) is 0 Å². The maximum absolute atomic E-state index is 13.0. The molecule has 0 saturated heterocycles. The second-order valence-electron chi connectivity index (χ2n) is 6.38. The van der Waals surface area contributed by atoms with Crippen molar-refractivity contribution in [2.24, 2.45) is 0 Å². The molecular formula is C20H21N4O3+. The maximum atomic E-state index is 13.0. The Morgan fingerprint density at radius 3 is 2.85 bits per heavy atom. The van der Waals surface area contributed by atoms with Gasteiger partial charge in [-0.25, -0.2) is 0 Å². The van der Waals surface area contributed by atoms with Gasteiger partial charge in [-0.3, -0.25) is 14.6 Å². The molecule has 2 atom stereocenters. The molecule has 1 aliphatic heterocycles. The molecule has 2 N–H and O–H groups in total. The summed E-state index contributed by atoms with van der Waals surface area (Å²) in [6, 6.07) is 9.19. The zero-order valence-electron chi connectivity index (χ0n) is 15.0. The number of nitroso groups, excluding NO2 is 1. The molecule has 2 aromatic rings. The Morgan fingerprint density at radius 1 is 1.26 bits per heavy atom. The predicted molar refractivity (Wildman–Crippen MR) is 99.8 cm³/mol. The number of hydrogen-bond acceptors (Lipinski definition) is 4. The molecule has 2 amide bonds. The quantitative estimate of drug-likeness (QED) is 0.779. The van der Waals surface area contributed by atoms with E-state index in [2.05, 4.69) is 10.3 Å². The van der Waals surface area contributed by atoms with Crippen molar-refractivity contribution in [2.45, 2.75) is 25.4 Å². The molecule has 0 bridgehead atoms. The fourth-order valence-electron chi connectivity index (χ4n) is 3.11. The summed E-state index contributed by atoms with van der Waals surface area (Å²) >= 11 is 0. The molecule has 27 heavy (non-hydrogen) atoms. The highest BCUT2D eigenvalue weighted by Crippen LogP contribution is 2.27. The lowest BCUT2D eigenvalue weighted by Gasteiger charge is -2.35. The summed E-state index contributed by atoms with van der Waals surface area (Å²) in [5, 5.41) is 4.47. The van der Waals surface area contributed by atoms with Gasteiger partial charge in [-0.15, -0.1) is 0 Å². The minimum Gasteiger partial charge on any atom is -0.341 e. The van der Waals surface area contributed by atoms with Gasteiger partial charge in [0.1, 0.15) is 6.04 Å². The smallest absolute Gasteiger partial charge is 0.254 e. The molecular weight excluding hydrogens is 344 g/mol. The van der Waals surface area contributed by atoms with Crippen LogP contribution in [-0.2, 0) is 4.79 Å². The Kier molecular flexibility index (Phi) is 5.71. The van der Waals surface area contributed by atoms with Crippen molar-refractivity contribution in [1.82, 2.24) is 15.2 Å². The first-order valence-corrected chi connectivity index (χ1v) is 8.74. The lowest BCUT2D eigenvalue weighted by Crippen LogP contribution is -2.55. The Hall–Kier alpha value is -3.35. The molecule has 7 nitrogen and oxygen atoms in total. The van der Waals surface area contributed by atoms with Crippen LogP contribution in [0.5, 0.6) is 0 Å². The van der Waals surface area contributed by atoms with Gasteiger partial charge in [-0.05, 0) is 31.0 Å². The molecule has 7 heteroatoms. The van der Waals surface area contributed by atoms with Crippen LogP contribution in [0.1, 0.15) is 35.3 Å². The molecule has 1 unspecified atom stereocenters. The van der Waals surface area contributed by atoms with Crippen molar-refractivity contribution < 1.29 is 14.8 Å². The summed E-state index contributed by atoms with van der Waals surface area (Å²) in [6.07, 6.45) is 8.15. The minimum atomic E-state index is -0.702. The molecule has 3 rings (SSSR count). The van der Waals surface area contributed by atoms with E-state index >= 15 is 0 Å². The molecule has 0 spiro atoms. The number of carbonyl (C=O) groups is 2. The number of nitrogens with one attached hydrogen (secondary N) is 2. The van der Waals surface area contributed by atoms with Gasteiger partial charge in [0, 0.05) is 46.7 Å². The first-order chi connectivity index (χ1) is 13.1. The van der Waals surface area contributed by atoms with Crippen LogP contribution in [0.3, 0.4) is 0 Å². The van der Waals surface area contributed by atoms with Gasteiger partial charge in [0.2, 0.25) is 5.91 Å². The fourth-order valence-corrected chi connectivity index (χ4v) is 3.11. The van der Waals surface area contributed by atoms with Gasteiger partial charge in [0.05, 0.1) is 6.04 Å². The first-order valence-electron chi connectivity index (χ1n) is 8.74. The third-order valence-electron chi connectivity index (χ3n) is 4.52. The second kappa shape index (κ2) is 8.35. The predicted octanol–water partition coefficient (Wildman–Crippen LogP) is 1.21. The summed E-state index contributed by atoms with van der Waals surface area (Å²) < 4.78 is 0. The summed E-state index contributed by atoms with van der Waals surface area (Å²) in [7, 11) is 0. The van der Waals surface area contributed by atoms with E-state index in [1.165, 1.54) is 6.07 Å². The largest absolute Gasteiger partial charge is 0.341 e. The van der Waals surface area contributed by atoms with Crippen molar-refractivity contribution in [2.75, 3.05) is 6.54 Å². The molecule has 1 aromatic carbocycles. The Balaban J connectivity index is 1.72. The Labute approximate surface area is 157 Å². The fraction of sp³-hybridized carbons (Fsp3) is 0.250. The van der Waals surface area contributed by atoms with E-state index in [0.717, 1.165) is 5.56 Å². The van der Waals surface area contributed by atoms with E-state index in [0.29, 0.717) is 24.2 Å². The molecule has 2 heterocycles. The number of pyridine rings is 1. The van der Waals surface area contributed by atoms with Crippen molar-refractivity contribution in [3.05, 3.63) is 77.0 Å². The van der Waals surface area contributed by atoms with Crippen molar-refractivity contribution in [3.8, 4) is 0 Å². The van der Waals surface area contributed by atoms with E-state index in [9.17, 15) is 14.5 Å². The van der Waals surface area contributed by atoms with Crippen molar-refractivity contribution >= 4 is 17.5 Å². The van der Waals surface area contributed by atoms with Crippen LogP contribution in [0.15, 0.2) is 60.9 Å². The van der Waals surface area contributed by atoms with Crippen LogP contribution in [0.25, 0.3) is 0 Å². The van der Waals surface area contributed by atoms with Gasteiger partial charge in [-0.1, -0.05) is 24.3 Å². The number of rotatable bonds is 5. The summed E-state index contributed by atoms with van der Waals surface area (Å²) in [5.41, 5.74) is 1.57. The van der Waals surface area contributed by atoms with Crippen molar-refractivity contribution in [1.29, 1.82) is 0 Å². The Morgan fingerprint density at radius 2 is 2.11 bits per heavy atom. The summed E-state index contributed by atoms with van der Waals surface area (Å²) in [5.74, 6) is -0.571. The number of nitrogens with zero attached hydrogens (tertiary/aromatic N) is 2. The number of carbonyl (C=O) groups excluding carboxylic acids is 2. The van der Waals surface area contributed by atoms with Crippen LogP contribution in [0.4, 0.5) is 5.69 Å². The van der Waals surface area contributed by atoms with E-state index in [-0.39, 0.29) is 11.9 Å². The van der Waals surface area contributed by atoms with Crippen LogP contribution in [0.2, 0.25) is 0 Å². The Bertz CT molecular complexity index is 867. The van der Waals surface area contributed by atoms with Gasteiger partial charge in [0.25, 0.3) is 11.6 Å². The van der Waals surface area contributed by atoms with E-state index < -0.39 is 11.9 Å². The number of amides is 2. The van der Waals surface area contributed by atoms with Gasteiger partial charge >= 0.3 is 0 Å². The van der Waals surface area contributed by atoms with Crippen LogP contribution in [0, 0.1) is 4.91 Å². The van der Waals surface area contributed by atoms with Crippen LogP contribution < -0.4 is 10.5 Å². The third-order valence-corrected chi connectivity index (χ3v) is 4.52.